The maximum absolute atomic E-state index is 12.5. The zero-order chi connectivity index (χ0) is 19.7. The van der Waals surface area contributed by atoms with Gasteiger partial charge in [-0.2, -0.15) is 4.98 Å². The number of hydrogen-bond donors (Lipinski definition) is 0. The molecule has 0 bridgehead atoms. The van der Waals surface area contributed by atoms with E-state index in [4.69, 9.17) is 9.26 Å². The Hall–Kier alpha value is -3.35. The van der Waals surface area contributed by atoms with Crippen molar-refractivity contribution in [3.8, 4) is 17.2 Å². The maximum Gasteiger partial charge on any atom is 0.258 e. The van der Waals surface area contributed by atoms with Crippen LogP contribution in [0.25, 0.3) is 11.5 Å². The molecule has 0 spiro atoms. The number of nitrogens with zero attached hydrogens (tertiary/aromatic N) is 4. The number of carbonyl (C=O) groups excluding carboxylic acids is 1. The number of amides is 1. The quantitative estimate of drug-likeness (QED) is 0.678. The van der Waals surface area contributed by atoms with E-state index in [2.05, 4.69) is 10.1 Å². The third-order valence-corrected chi connectivity index (χ3v) is 4.91. The van der Waals surface area contributed by atoms with Crippen molar-refractivity contribution in [3.63, 3.8) is 0 Å². The van der Waals surface area contributed by atoms with Gasteiger partial charge in [-0.3, -0.25) is 4.79 Å². The summed E-state index contributed by atoms with van der Waals surface area (Å²) in [5, 5.41) is 4.14. The molecule has 2 heterocycles. The van der Waals surface area contributed by atoms with Crippen LogP contribution in [-0.2, 0) is 4.79 Å². The summed E-state index contributed by atoms with van der Waals surface area (Å²) in [6.07, 6.45) is 0.355. The molecule has 4 rings (SSSR count). The molecule has 1 aliphatic rings. The summed E-state index contributed by atoms with van der Waals surface area (Å²) >= 11 is 0. The normalized spacial score (nSPS) is 16.5. The van der Waals surface area contributed by atoms with E-state index < -0.39 is 0 Å². The Morgan fingerprint density at radius 2 is 2.00 bits per heavy atom. The van der Waals surface area contributed by atoms with Gasteiger partial charge < -0.3 is 19.1 Å². The first-order chi connectivity index (χ1) is 13.5. The van der Waals surface area contributed by atoms with Crippen LogP contribution in [0.4, 0.5) is 11.4 Å². The van der Waals surface area contributed by atoms with E-state index in [1.54, 1.807) is 12.0 Å². The maximum atomic E-state index is 12.5. The molecule has 0 aliphatic carbocycles. The van der Waals surface area contributed by atoms with Crippen LogP contribution in [0.5, 0.6) is 5.75 Å². The largest absolute Gasteiger partial charge is 0.497 e. The summed E-state index contributed by atoms with van der Waals surface area (Å²) < 4.78 is 10.7. The van der Waals surface area contributed by atoms with Gasteiger partial charge in [0.15, 0.2) is 5.82 Å². The molecule has 144 valence electrons. The van der Waals surface area contributed by atoms with Gasteiger partial charge in [-0.15, -0.1) is 0 Å². The molecule has 1 saturated heterocycles. The second-order valence-electron chi connectivity index (χ2n) is 7.01. The molecule has 0 saturated carbocycles. The van der Waals surface area contributed by atoms with Crippen LogP contribution in [0, 0.1) is 0 Å². The van der Waals surface area contributed by atoms with Crippen LogP contribution in [-0.4, -0.2) is 43.8 Å². The van der Waals surface area contributed by atoms with Crippen LogP contribution in [0.1, 0.15) is 18.2 Å². The molecular formula is C21H22N4O3. The smallest absolute Gasteiger partial charge is 0.258 e. The van der Waals surface area contributed by atoms with E-state index in [0.717, 1.165) is 22.7 Å². The summed E-state index contributed by atoms with van der Waals surface area (Å²) in [6, 6.07) is 15.4. The van der Waals surface area contributed by atoms with Crippen LogP contribution < -0.4 is 14.5 Å². The van der Waals surface area contributed by atoms with Gasteiger partial charge in [-0.05, 0) is 30.3 Å². The molecule has 1 atom stereocenters. The van der Waals surface area contributed by atoms with Crippen LogP contribution in [0.3, 0.4) is 0 Å². The van der Waals surface area contributed by atoms with Crippen molar-refractivity contribution in [3.05, 3.63) is 54.4 Å². The lowest BCUT2D eigenvalue weighted by Gasteiger charge is -2.16. The monoisotopic (exact) mass is 378 g/mol. The average Bonchev–Trinajstić information content (AvgIpc) is 3.35. The zero-order valence-electron chi connectivity index (χ0n) is 16.1. The predicted molar refractivity (Wildman–Crippen MR) is 107 cm³/mol. The van der Waals surface area contributed by atoms with E-state index in [1.807, 2.05) is 67.5 Å². The van der Waals surface area contributed by atoms with Crippen LogP contribution >= 0.6 is 0 Å². The molecule has 3 aromatic rings. The van der Waals surface area contributed by atoms with Crippen molar-refractivity contribution in [1.29, 1.82) is 0 Å². The highest BCUT2D eigenvalue weighted by molar-refractivity contribution is 5.96. The first-order valence-electron chi connectivity index (χ1n) is 9.11. The van der Waals surface area contributed by atoms with Gasteiger partial charge >= 0.3 is 0 Å². The Kier molecular flexibility index (Phi) is 4.73. The summed E-state index contributed by atoms with van der Waals surface area (Å²) in [4.78, 5) is 20.9. The first kappa shape index (κ1) is 18.0. The highest BCUT2D eigenvalue weighted by Crippen LogP contribution is 2.33. The van der Waals surface area contributed by atoms with Crippen molar-refractivity contribution in [2.45, 2.75) is 12.3 Å². The fourth-order valence-corrected chi connectivity index (χ4v) is 3.34. The molecule has 1 amide bonds. The second-order valence-corrected chi connectivity index (χ2v) is 7.01. The second kappa shape index (κ2) is 7.34. The van der Waals surface area contributed by atoms with E-state index >= 15 is 0 Å². The third-order valence-electron chi connectivity index (χ3n) is 4.91. The van der Waals surface area contributed by atoms with Crippen molar-refractivity contribution in [1.82, 2.24) is 10.1 Å². The summed E-state index contributed by atoms with van der Waals surface area (Å²) in [5.41, 5.74) is 2.73. The van der Waals surface area contributed by atoms with Gasteiger partial charge in [-0.25, -0.2) is 0 Å². The van der Waals surface area contributed by atoms with Gasteiger partial charge in [0.25, 0.3) is 5.89 Å². The Morgan fingerprint density at radius 3 is 2.79 bits per heavy atom. The van der Waals surface area contributed by atoms with Gasteiger partial charge in [-0.1, -0.05) is 17.3 Å². The fraction of sp³-hybridized carbons (Fsp3) is 0.286. The number of benzene rings is 2. The Balaban J connectivity index is 1.55. The summed E-state index contributed by atoms with van der Waals surface area (Å²) in [7, 11) is 5.57. The number of anilines is 2. The molecule has 0 N–H and O–H groups in total. The zero-order valence-corrected chi connectivity index (χ0v) is 16.1. The number of ether oxygens (including phenoxy) is 1. The molecule has 7 nitrogen and oxygen atoms in total. The predicted octanol–water partition coefficient (Wildman–Crippen LogP) is 3.33. The van der Waals surface area contributed by atoms with Crippen molar-refractivity contribution < 1.29 is 14.1 Å². The number of rotatable bonds is 5. The van der Waals surface area contributed by atoms with Crippen molar-refractivity contribution in [2.24, 2.45) is 0 Å². The van der Waals surface area contributed by atoms with E-state index in [0.29, 0.717) is 24.7 Å². The summed E-state index contributed by atoms with van der Waals surface area (Å²) in [5.74, 6) is 1.68. The van der Waals surface area contributed by atoms with E-state index in [-0.39, 0.29) is 11.8 Å². The fourth-order valence-electron chi connectivity index (χ4n) is 3.34. The molecule has 0 radical (unpaired) electrons. The third kappa shape index (κ3) is 3.43. The van der Waals surface area contributed by atoms with Crippen molar-refractivity contribution >= 4 is 17.3 Å². The van der Waals surface area contributed by atoms with Crippen LogP contribution in [0.2, 0.25) is 0 Å². The Morgan fingerprint density at radius 1 is 1.18 bits per heavy atom. The SMILES string of the molecule is COc1cccc(N2CC(c3noc(-c4cccc(N(C)C)c4)n3)CC2=O)c1. The first-order valence-corrected chi connectivity index (χ1v) is 9.11. The van der Waals surface area contributed by atoms with E-state index in [9.17, 15) is 4.79 Å². The Bertz CT molecular complexity index is 999. The van der Waals surface area contributed by atoms with Gasteiger partial charge in [0.05, 0.1) is 7.11 Å². The number of carbonyl (C=O) groups is 1. The molecule has 2 aromatic carbocycles. The summed E-state index contributed by atoms with van der Waals surface area (Å²) in [6.45, 7) is 0.517. The van der Waals surface area contributed by atoms with Crippen molar-refractivity contribution in [2.75, 3.05) is 37.5 Å². The Labute approximate surface area is 163 Å². The topological polar surface area (TPSA) is 71.7 Å². The molecule has 7 heteroatoms. The molecule has 28 heavy (non-hydrogen) atoms. The minimum absolute atomic E-state index is 0.0409. The lowest BCUT2D eigenvalue weighted by Crippen LogP contribution is -2.24. The lowest BCUT2D eigenvalue weighted by atomic mass is 10.1. The number of hydrogen-bond acceptors (Lipinski definition) is 6. The number of aromatic nitrogens is 2. The van der Waals surface area contributed by atoms with Crippen LogP contribution in [0.15, 0.2) is 53.1 Å². The molecule has 1 fully saturated rings. The standard InChI is InChI=1S/C21H22N4O3/c1-24(2)16-7-4-6-14(10-16)21-22-20(23-28-21)15-11-19(26)25(13-15)17-8-5-9-18(12-17)27-3/h4-10,12,15H,11,13H2,1-3H3. The van der Waals surface area contributed by atoms with Gasteiger partial charge in [0, 0.05) is 56.0 Å². The molecule has 1 aliphatic heterocycles. The highest BCUT2D eigenvalue weighted by atomic mass is 16.5. The average molecular weight is 378 g/mol. The number of methoxy groups -OCH3 is 1. The highest BCUT2D eigenvalue weighted by Gasteiger charge is 2.34. The molecular weight excluding hydrogens is 356 g/mol. The van der Waals surface area contributed by atoms with Gasteiger partial charge in [0.1, 0.15) is 5.75 Å². The lowest BCUT2D eigenvalue weighted by molar-refractivity contribution is -0.117. The molecule has 1 aromatic heterocycles. The van der Waals surface area contributed by atoms with Gasteiger partial charge in [0.2, 0.25) is 5.91 Å². The minimum atomic E-state index is -0.103. The molecule has 1 unspecified atom stereocenters. The minimum Gasteiger partial charge on any atom is -0.497 e. The van der Waals surface area contributed by atoms with E-state index in [1.165, 1.54) is 0 Å².